The van der Waals surface area contributed by atoms with Gasteiger partial charge in [0.1, 0.15) is 19.0 Å². The van der Waals surface area contributed by atoms with Crippen molar-refractivity contribution < 1.29 is 19.0 Å². The van der Waals surface area contributed by atoms with Crippen molar-refractivity contribution in [1.29, 1.82) is 0 Å². The number of hydrogen-bond donors (Lipinski definition) is 1. The topological polar surface area (TPSA) is 60.0 Å². The molecule has 0 spiro atoms. The maximum atomic E-state index is 12.9. The summed E-state index contributed by atoms with van der Waals surface area (Å²) < 4.78 is 16.4. The van der Waals surface area contributed by atoms with E-state index in [1.54, 1.807) is 19.2 Å². The van der Waals surface area contributed by atoms with Gasteiger partial charge in [-0.3, -0.25) is 9.69 Å². The molecule has 2 aliphatic rings. The Hall–Kier alpha value is -2.44. The zero-order chi connectivity index (χ0) is 20.9. The van der Waals surface area contributed by atoms with Gasteiger partial charge in [-0.05, 0) is 55.8 Å². The van der Waals surface area contributed by atoms with Crippen LogP contribution in [0.2, 0.25) is 5.02 Å². The van der Waals surface area contributed by atoms with Crippen molar-refractivity contribution in [2.45, 2.75) is 25.3 Å². The standard InChI is InChI=1S/C23H27ClN2O4/c1-28-18-7-5-16(6-8-18)20(26-9-3-2-4-10-26)15-25-23(27)17-13-19(24)22-21(14-17)29-11-12-30-22/h5-8,13-14,20H,2-4,9-12,15H2,1H3,(H,25,27)/t20-/m0/s1. The van der Waals surface area contributed by atoms with E-state index in [2.05, 4.69) is 22.3 Å². The molecule has 2 aromatic carbocycles. The second-order valence-corrected chi connectivity index (χ2v) is 7.99. The average molecular weight is 431 g/mol. The third-order valence-electron chi connectivity index (χ3n) is 5.65. The lowest BCUT2D eigenvalue weighted by atomic mass is 10.0. The van der Waals surface area contributed by atoms with E-state index in [-0.39, 0.29) is 11.9 Å². The first-order chi connectivity index (χ1) is 14.7. The van der Waals surface area contributed by atoms with Gasteiger partial charge >= 0.3 is 0 Å². The van der Waals surface area contributed by atoms with Gasteiger partial charge in [0.25, 0.3) is 5.91 Å². The molecule has 0 radical (unpaired) electrons. The van der Waals surface area contributed by atoms with Gasteiger partial charge in [-0.15, -0.1) is 0 Å². The van der Waals surface area contributed by atoms with Gasteiger partial charge in [0.15, 0.2) is 11.5 Å². The number of rotatable bonds is 6. The minimum absolute atomic E-state index is 0.104. The first kappa shape index (κ1) is 20.8. The molecule has 0 aromatic heterocycles. The molecule has 4 rings (SSSR count). The van der Waals surface area contributed by atoms with Gasteiger partial charge in [-0.2, -0.15) is 0 Å². The number of nitrogens with zero attached hydrogens (tertiary/aromatic N) is 1. The highest BCUT2D eigenvalue weighted by atomic mass is 35.5. The van der Waals surface area contributed by atoms with Crippen LogP contribution in [0.15, 0.2) is 36.4 Å². The Morgan fingerprint density at radius 3 is 2.60 bits per heavy atom. The normalized spacial score (nSPS) is 17.3. The zero-order valence-corrected chi connectivity index (χ0v) is 17.9. The Bertz CT molecular complexity index is 882. The molecule has 1 saturated heterocycles. The lowest BCUT2D eigenvalue weighted by Gasteiger charge is -2.35. The van der Waals surface area contributed by atoms with Crippen molar-refractivity contribution in [3.8, 4) is 17.2 Å². The fourth-order valence-electron chi connectivity index (χ4n) is 4.05. The molecular weight excluding hydrogens is 404 g/mol. The highest BCUT2D eigenvalue weighted by molar-refractivity contribution is 6.32. The smallest absolute Gasteiger partial charge is 0.251 e. The number of amides is 1. The molecule has 1 amide bonds. The number of piperidine rings is 1. The van der Waals surface area contributed by atoms with Crippen molar-refractivity contribution in [3.63, 3.8) is 0 Å². The lowest BCUT2D eigenvalue weighted by Crippen LogP contribution is -2.40. The summed E-state index contributed by atoms with van der Waals surface area (Å²) in [6.45, 7) is 3.47. The van der Waals surface area contributed by atoms with Crippen LogP contribution in [0.25, 0.3) is 0 Å². The molecule has 2 aromatic rings. The molecule has 1 N–H and O–H groups in total. The van der Waals surface area contributed by atoms with Crippen LogP contribution >= 0.6 is 11.6 Å². The van der Waals surface area contributed by atoms with E-state index in [9.17, 15) is 4.79 Å². The number of halogens is 1. The van der Waals surface area contributed by atoms with E-state index in [4.69, 9.17) is 25.8 Å². The van der Waals surface area contributed by atoms with Gasteiger partial charge in [-0.1, -0.05) is 30.2 Å². The highest BCUT2D eigenvalue weighted by Crippen LogP contribution is 2.38. The van der Waals surface area contributed by atoms with Crippen LogP contribution in [-0.4, -0.2) is 50.8 Å². The fraction of sp³-hybridized carbons (Fsp3) is 0.435. The Labute approximate surface area is 182 Å². The lowest BCUT2D eigenvalue weighted by molar-refractivity contribution is 0.0923. The number of carbonyl (C=O) groups excluding carboxylic acids is 1. The number of likely N-dealkylation sites (tertiary alicyclic amines) is 1. The number of benzene rings is 2. The van der Waals surface area contributed by atoms with E-state index >= 15 is 0 Å². The molecule has 0 saturated carbocycles. The summed E-state index contributed by atoms with van der Waals surface area (Å²) in [6, 6.07) is 11.5. The first-order valence-electron chi connectivity index (χ1n) is 10.4. The number of ether oxygens (including phenoxy) is 3. The van der Waals surface area contributed by atoms with Crippen LogP contribution in [0.1, 0.15) is 41.2 Å². The summed E-state index contributed by atoms with van der Waals surface area (Å²) in [5, 5.41) is 3.48. The van der Waals surface area contributed by atoms with Crippen LogP contribution in [0.5, 0.6) is 17.2 Å². The third-order valence-corrected chi connectivity index (χ3v) is 5.93. The van der Waals surface area contributed by atoms with Crippen LogP contribution in [0, 0.1) is 0 Å². The highest BCUT2D eigenvalue weighted by Gasteiger charge is 2.24. The van der Waals surface area contributed by atoms with Gasteiger partial charge in [0.2, 0.25) is 0 Å². The number of carbonyl (C=O) groups is 1. The van der Waals surface area contributed by atoms with Crippen LogP contribution in [0.3, 0.4) is 0 Å². The minimum Gasteiger partial charge on any atom is -0.497 e. The second-order valence-electron chi connectivity index (χ2n) is 7.58. The molecule has 1 fully saturated rings. The zero-order valence-electron chi connectivity index (χ0n) is 17.2. The Kier molecular flexibility index (Phi) is 6.65. The summed E-state index contributed by atoms with van der Waals surface area (Å²) >= 11 is 6.30. The predicted molar refractivity (Wildman–Crippen MR) is 116 cm³/mol. The molecule has 2 aliphatic heterocycles. The molecule has 0 bridgehead atoms. The van der Waals surface area contributed by atoms with Crippen molar-refractivity contribution >= 4 is 17.5 Å². The third kappa shape index (κ3) is 4.65. The van der Waals surface area contributed by atoms with E-state index in [1.807, 2.05) is 12.1 Å². The molecule has 2 heterocycles. The Morgan fingerprint density at radius 2 is 1.87 bits per heavy atom. The maximum absolute atomic E-state index is 12.9. The molecule has 6 nitrogen and oxygen atoms in total. The largest absolute Gasteiger partial charge is 0.497 e. The SMILES string of the molecule is COc1ccc([C@H](CNC(=O)c2cc(Cl)c3c(c2)OCCO3)N2CCCCC2)cc1. The van der Waals surface area contributed by atoms with E-state index < -0.39 is 0 Å². The van der Waals surface area contributed by atoms with Crippen molar-refractivity contribution in [1.82, 2.24) is 10.2 Å². The predicted octanol–water partition coefficient (Wildman–Crippen LogP) is 4.08. The van der Waals surface area contributed by atoms with E-state index in [0.717, 1.165) is 18.8 Å². The van der Waals surface area contributed by atoms with Crippen LogP contribution < -0.4 is 19.5 Å². The van der Waals surface area contributed by atoms with Gasteiger partial charge in [0.05, 0.1) is 18.2 Å². The summed E-state index contributed by atoms with van der Waals surface area (Å²) in [7, 11) is 1.66. The summed E-state index contributed by atoms with van der Waals surface area (Å²) in [5.41, 5.74) is 1.63. The summed E-state index contributed by atoms with van der Waals surface area (Å²) in [4.78, 5) is 15.3. The minimum atomic E-state index is -0.176. The van der Waals surface area contributed by atoms with E-state index in [1.165, 1.54) is 24.8 Å². The van der Waals surface area contributed by atoms with Crippen molar-refractivity contribution in [2.75, 3.05) is 40.0 Å². The van der Waals surface area contributed by atoms with Crippen molar-refractivity contribution in [2.24, 2.45) is 0 Å². The Balaban J connectivity index is 1.50. The van der Waals surface area contributed by atoms with Gasteiger partial charge in [-0.25, -0.2) is 0 Å². The van der Waals surface area contributed by atoms with Crippen molar-refractivity contribution in [3.05, 3.63) is 52.5 Å². The molecule has 7 heteroatoms. The van der Waals surface area contributed by atoms with Gasteiger partial charge < -0.3 is 19.5 Å². The second kappa shape index (κ2) is 9.58. The molecule has 1 atom stereocenters. The number of nitrogens with one attached hydrogen (secondary N) is 1. The van der Waals surface area contributed by atoms with Gasteiger partial charge in [0, 0.05) is 12.1 Å². The number of methoxy groups -OCH3 is 1. The fourth-order valence-corrected chi connectivity index (χ4v) is 4.31. The average Bonchev–Trinajstić information content (AvgIpc) is 2.80. The first-order valence-corrected chi connectivity index (χ1v) is 10.8. The quantitative estimate of drug-likeness (QED) is 0.748. The maximum Gasteiger partial charge on any atom is 0.251 e. The van der Waals surface area contributed by atoms with Crippen LogP contribution in [-0.2, 0) is 0 Å². The summed E-state index contributed by atoms with van der Waals surface area (Å²) in [5.74, 6) is 1.67. The Morgan fingerprint density at radius 1 is 1.13 bits per heavy atom. The monoisotopic (exact) mass is 430 g/mol. The molecule has 30 heavy (non-hydrogen) atoms. The van der Waals surface area contributed by atoms with Crippen LogP contribution in [0.4, 0.5) is 0 Å². The molecular formula is C23H27ClN2O4. The molecule has 0 unspecified atom stereocenters. The number of fused-ring (bicyclic) bond motifs is 1. The number of hydrogen-bond acceptors (Lipinski definition) is 5. The summed E-state index contributed by atoms with van der Waals surface area (Å²) in [6.07, 6.45) is 3.62. The van der Waals surface area contributed by atoms with E-state index in [0.29, 0.717) is 41.8 Å². The molecule has 0 aliphatic carbocycles. The molecule has 160 valence electrons.